The van der Waals surface area contributed by atoms with Crippen molar-refractivity contribution in [2.45, 2.75) is 11.4 Å². The molecular weight excluding hydrogens is 281 g/mol. The third kappa shape index (κ3) is 2.87. The normalized spacial score (nSPS) is 11.7. The highest BCUT2D eigenvalue weighted by molar-refractivity contribution is 7.89. The number of halogens is 2. The molecule has 96 valence electrons. The molecule has 2 aromatic rings. The highest BCUT2D eigenvalue weighted by atomic mass is 35.5. The van der Waals surface area contributed by atoms with Crippen LogP contribution in [0, 0.1) is 5.82 Å². The summed E-state index contributed by atoms with van der Waals surface area (Å²) in [5.41, 5.74) is 0.589. The van der Waals surface area contributed by atoms with Gasteiger partial charge in [0.1, 0.15) is 10.7 Å². The maximum atomic E-state index is 13.0. The summed E-state index contributed by atoms with van der Waals surface area (Å²) in [4.78, 5) is -0.288. The van der Waals surface area contributed by atoms with Crippen LogP contribution in [0.5, 0.6) is 0 Å². The fraction of sp³-hybridized carbons (Fsp3) is 0.100. The highest BCUT2D eigenvalue weighted by Crippen LogP contribution is 2.22. The van der Waals surface area contributed by atoms with Crippen LogP contribution in [0.4, 0.5) is 4.39 Å². The third-order valence-corrected chi connectivity index (χ3v) is 4.08. The van der Waals surface area contributed by atoms with Crippen LogP contribution in [0.25, 0.3) is 0 Å². The van der Waals surface area contributed by atoms with Gasteiger partial charge >= 0.3 is 0 Å². The monoisotopic (exact) mass is 289 g/mol. The highest BCUT2D eigenvalue weighted by Gasteiger charge is 2.18. The molecule has 0 aliphatic rings. The zero-order chi connectivity index (χ0) is 13.2. The molecule has 18 heavy (non-hydrogen) atoms. The van der Waals surface area contributed by atoms with E-state index in [1.54, 1.807) is 6.07 Å². The molecule has 0 aliphatic heterocycles. The molecule has 0 fully saturated rings. The van der Waals surface area contributed by atoms with Gasteiger partial charge in [0.25, 0.3) is 0 Å². The SMILES string of the molecule is O=S(=O)(NCc1ccn[nH]1)c1cc(F)ccc1Cl. The lowest BCUT2D eigenvalue weighted by Gasteiger charge is -2.07. The van der Waals surface area contributed by atoms with Crippen molar-refractivity contribution in [3.05, 3.63) is 47.0 Å². The maximum Gasteiger partial charge on any atom is 0.242 e. The number of aromatic nitrogens is 2. The third-order valence-electron chi connectivity index (χ3n) is 2.19. The molecule has 0 unspecified atom stereocenters. The minimum Gasteiger partial charge on any atom is -0.281 e. The Labute approximate surface area is 108 Å². The average Bonchev–Trinajstić information content (AvgIpc) is 2.83. The fourth-order valence-corrected chi connectivity index (χ4v) is 2.83. The van der Waals surface area contributed by atoms with Crippen LogP contribution in [0.15, 0.2) is 35.4 Å². The van der Waals surface area contributed by atoms with Crippen molar-refractivity contribution in [3.8, 4) is 0 Å². The van der Waals surface area contributed by atoms with E-state index in [-0.39, 0.29) is 16.5 Å². The molecule has 1 heterocycles. The van der Waals surface area contributed by atoms with E-state index >= 15 is 0 Å². The molecule has 2 rings (SSSR count). The molecular formula is C10H9ClFN3O2S. The van der Waals surface area contributed by atoms with Crippen LogP contribution in [0.2, 0.25) is 5.02 Å². The van der Waals surface area contributed by atoms with Gasteiger partial charge in [0.2, 0.25) is 10.0 Å². The Morgan fingerprint density at radius 2 is 2.17 bits per heavy atom. The number of nitrogens with one attached hydrogen (secondary N) is 2. The molecule has 0 spiro atoms. The topological polar surface area (TPSA) is 74.8 Å². The smallest absolute Gasteiger partial charge is 0.242 e. The van der Waals surface area contributed by atoms with Gasteiger partial charge in [-0.1, -0.05) is 11.6 Å². The van der Waals surface area contributed by atoms with Crippen LogP contribution in [-0.4, -0.2) is 18.6 Å². The number of rotatable bonds is 4. The second-order valence-electron chi connectivity index (χ2n) is 3.48. The first-order chi connectivity index (χ1) is 8.49. The van der Waals surface area contributed by atoms with Crippen molar-refractivity contribution in [1.29, 1.82) is 0 Å². The minimum atomic E-state index is -3.86. The van der Waals surface area contributed by atoms with E-state index in [1.165, 1.54) is 12.3 Å². The largest absolute Gasteiger partial charge is 0.281 e. The van der Waals surface area contributed by atoms with Gasteiger partial charge in [-0.3, -0.25) is 5.10 Å². The standard InChI is InChI=1S/C10H9ClFN3O2S/c11-9-2-1-7(12)5-10(9)18(16,17)14-6-8-3-4-13-15-8/h1-5,14H,6H2,(H,13,15). The summed E-state index contributed by atoms with van der Waals surface area (Å²) < 4.78 is 39.1. The second kappa shape index (κ2) is 5.05. The number of hydrogen-bond donors (Lipinski definition) is 2. The number of benzene rings is 1. The lowest BCUT2D eigenvalue weighted by atomic mass is 10.3. The second-order valence-corrected chi connectivity index (χ2v) is 5.62. The van der Waals surface area contributed by atoms with E-state index in [0.29, 0.717) is 5.69 Å². The number of hydrogen-bond acceptors (Lipinski definition) is 3. The summed E-state index contributed by atoms with van der Waals surface area (Å²) >= 11 is 5.74. The van der Waals surface area contributed by atoms with E-state index in [2.05, 4.69) is 14.9 Å². The van der Waals surface area contributed by atoms with Crippen LogP contribution < -0.4 is 4.72 Å². The van der Waals surface area contributed by atoms with Gasteiger partial charge < -0.3 is 0 Å². The minimum absolute atomic E-state index is 0.0230. The Hall–Kier alpha value is -1.44. The van der Waals surface area contributed by atoms with E-state index in [4.69, 9.17) is 11.6 Å². The molecule has 2 N–H and O–H groups in total. The Bertz CT molecular complexity index is 643. The van der Waals surface area contributed by atoms with Crippen molar-refractivity contribution in [1.82, 2.24) is 14.9 Å². The van der Waals surface area contributed by atoms with Crippen molar-refractivity contribution in [2.24, 2.45) is 0 Å². The Morgan fingerprint density at radius 1 is 1.39 bits per heavy atom. The first-order valence-corrected chi connectivity index (χ1v) is 6.78. The lowest BCUT2D eigenvalue weighted by molar-refractivity contribution is 0.576. The maximum absolute atomic E-state index is 13.0. The van der Waals surface area contributed by atoms with Gasteiger partial charge in [-0.05, 0) is 24.3 Å². The van der Waals surface area contributed by atoms with Gasteiger partial charge in [0, 0.05) is 6.20 Å². The quantitative estimate of drug-likeness (QED) is 0.899. The van der Waals surface area contributed by atoms with E-state index in [0.717, 1.165) is 12.1 Å². The van der Waals surface area contributed by atoms with Gasteiger partial charge in [0.15, 0.2) is 0 Å². The Morgan fingerprint density at radius 3 is 2.83 bits per heavy atom. The summed E-state index contributed by atoms with van der Waals surface area (Å²) in [5.74, 6) is -0.665. The molecule has 1 aromatic carbocycles. The fourth-order valence-electron chi connectivity index (χ4n) is 1.32. The van der Waals surface area contributed by atoms with Crippen LogP contribution in [0.1, 0.15) is 5.69 Å². The van der Waals surface area contributed by atoms with Crippen molar-refractivity contribution >= 4 is 21.6 Å². The molecule has 0 aliphatic carbocycles. The molecule has 1 aromatic heterocycles. The van der Waals surface area contributed by atoms with Gasteiger partial charge in [-0.2, -0.15) is 5.10 Å². The molecule has 8 heteroatoms. The molecule has 0 saturated carbocycles. The van der Waals surface area contributed by atoms with Crippen LogP contribution in [-0.2, 0) is 16.6 Å². The van der Waals surface area contributed by atoms with Crippen LogP contribution in [0.3, 0.4) is 0 Å². The molecule has 0 amide bonds. The summed E-state index contributed by atoms with van der Waals surface area (Å²) in [5, 5.41) is 6.25. The zero-order valence-corrected chi connectivity index (χ0v) is 10.6. The summed E-state index contributed by atoms with van der Waals surface area (Å²) in [6.07, 6.45) is 1.50. The zero-order valence-electron chi connectivity index (χ0n) is 9.02. The van der Waals surface area contributed by atoms with E-state index < -0.39 is 15.8 Å². The summed E-state index contributed by atoms with van der Waals surface area (Å²) in [6, 6.07) is 4.78. The Kier molecular flexibility index (Phi) is 3.65. The predicted molar refractivity (Wildman–Crippen MR) is 64.0 cm³/mol. The number of H-pyrrole nitrogens is 1. The number of sulfonamides is 1. The van der Waals surface area contributed by atoms with Crippen LogP contribution >= 0.6 is 11.6 Å². The van der Waals surface area contributed by atoms with Gasteiger partial charge in [0.05, 0.1) is 17.3 Å². The number of aromatic amines is 1. The number of nitrogens with zero attached hydrogens (tertiary/aromatic N) is 1. The first-order valence-electron chi connectivity index (χ1n) is 4.92. The average molecular weight is 290 g/mol. The molecule has 5 nitrogen and oxygen atoms in total. The predicted octanol–water partition coefficient (Wildman–Crippen LogP) is 1.68. The van der Waals surface area contributed by atoms with Crippen molar-refractivity contribution in [3.63, 3.8) is 0 Å². The molecule has 0 radical (unpaired) electrons. The Balaban J connectivity index is 2.22. The first kappa shape index (κ1) is 13.0. The van der Waals surface area contributed by atoms with E-state index in [9.17, 15) is 12.8 Å². The van der Waals surface area contributed by atoms with E-state index in [1.807, 2.05) is 0 Å². The van der Waals surface area contributed by atoms with Gasteiger partial charge in [-0.25, -0.2) is 17.5 Å². The summed E-state index contributed by atoms with van der Waals surface area (Å²) in [6.45, 7) is 0.0230. The molecule has 0 atom stereocenters. The molecule has 0 bridgehead atoms. The summed E-state index contributed by atoms with van der Waals surface area (Å²) in [7, 11) is -3.86. The van der Waals surface area contributed by atoms with Gasteiger partial charge in [-0.15, -0.1) is 0 Å². The van der Waals surface area contributed by atoms with Crippen molar-refractivity contribution < 1.29 is 12.8 Å². The lowest BCUT2D eigenvalue weighted by Crippen LogP contribution is -2.23. The van der Waals surface area contributed by atoms with Crippen molar-refractivity contribution in [2.75, 3.05) is 0 Å². The molecule has 0 saturated heterocycles.